The number of hydrogen-bond acceptors (Lipinski definition) is 2. The summed E-state index contributed by atoms with van der Waals surface area (Å²) in [6.45, 7) is 0. The molecule has 13 rings (SSSR count). The van der Waals surface area contributed by atoms with Gasteiger partial charge < -0.3 is 9.64 Å². The SMILES string of the molecule is C1=CC2C(Oc3c(ccc4ccccc34)C23c2ccccc2-c2c(-c4cccc(N(c5ccc(-c6ccccc6)cc5)c5ccc(-c6ccccc6)cc5)c4)cccc23)c2ccccc21. The molecular formula is C63H43NO. The third-order valence-corrected chi connectivity index (χ3v) is 14.2. The van der Waals surface area contributed by atoms with Gasteiger partial charge in [-0.25, -0.2) is 0 Å². The average molecular weight is 830 g/mol. The topological polar surface area (TPSA) is 12.5 Å². The molecule has 0 radical (unpaired) electrons. The maximum absolute atomic E-state index is 7.34. The molecule has 1 spiro atoms. The number of rotatable bonds is 6. The lowest BCUT2D eigenvalue weighted by Crippen LogP contribution is -2.45. The van der Waals surface area contributed by atoms with E-state index in [1.165, 1.54) is 77.7 Å². The summed E-state index contributed by atoms with van der Waals surface area (Å²) < 4.78 is 7.34. The molecule has 0 N–H and O–H groups in total. The molecule has 306 valence electrons. The Labute approximate surface area is 380 Å². The van der Waals surface area contributed by atoms with Gasteiger partial charge in [-0.05, 0) is 103 Å². The second-order valence-corrected chi connectivity index (χ2v) is 17.5. The molecule has 3 unspecified atom stereocenters. The van der Waals surface area contributed by atoms with Gasteiger partial charge in [0.2, 0.25) is 0 Å². The second-order valence-electron chi connectivity index (χ2n) is 17.5. The van der Waals surface area contributed by atoms with Crippen molar-refractivity contribution >= 4 is 33.9 Å². The van der Waals surface area contributed by atoms with Crippen molar-refractivity contribution in [2.24, 2.45) is 5.92 Å². The van der Waals surface area contributed by atoms with Crippen LogP contribution in [0.5, 0.6) is 5.75 Å². The van der Waals surface area contributed by atoms with Gasteiger partial charge in [0, 0.05) is 39.5 Å². The summed E-state index contributed by atoms with van der Waals surface area (Å²) >= 11 is 0. The molecule has 0 aromatic heterocycles. The lowest BCUT2D eigenvalue weighted by Gasteiger charge is -2.49. The second kappa shape index (κ2) is 15.0. The van der Waals surface area contributed by atoms with Crippen LogP contribution in [0.1, 0.15) is 33.9 Å². The van der Waals surface area contributed by atoms with Crippen molar-refractivity contribution in [2.75, 3.05) is 4.90 Å². The highest BCUT2D eigenvalue weighted by Gasteiger charge is 2.57. The van der Waals surface area contributed by atoms with E-state index in [-0.39, 0.29) is 12.0 Å². The highest BCUT2D eigenvalue weighted by Crippen LogP contribution is 2.66. The maximum Gasteiger partial charge on any atom is 0.132 e. The van der Waals surface area contributed by atoms with E-state index in [0.717, 1.165) is 28.2 Å². The van der Waals surface area contributed by atoms with Gasteiger partial charge in [0.1, 0.15) is 11.9 Å². The molecule has 65 heavy (non-hydrogen) atoms. The number of benzene rings is 10. The van der Waals surface area contributed by atoms with Crippen molar-refractivity contribution in [3.63, 3.8) is 0 Å². The molecular weight excluding hydrogens is 787 g/mol. The van der Waals surface area contributed by atoms with E-state index in [1.807, 2.05) is 0 Å². The van der Waals surface area contributed by atoms with Crippen molar-refractivity contribution in [3.05, 3.63) is 270 Å². The van der Waals surface area contributed by atoms with Crippen LogP contribution in [0.2, 0.25) is 0 Å². The van der Waals surface area contributed by atoms with Crippen molar-refractivity contribution in [1.29, 1.82) is 0 Å². The predicted molar refractivity (Wildman–Crippen MR) is 269 cm³/mol. The Hall–Kier alpha value is -8.20. The first kappa shape index (κ1) is 37.4. The van der Waals surface area contributed by atoms with Gasteiger partial charge in [0.05, 0.1) is 5.41 Å². The number of hydrogen-bond donors (Lipinski definition) is 0. The summed E-state index contributed by atoms with van der Waals surface area (Å²) in [6, 6.07) is 86.5. The van der Waals surface area contributed by atoms with Crippen LogP contribution in [0.25, 0.3) is 61.4 Å². The van der Waals surface area contributed by atoms with Crippen LogP contribution in [0.15, 0.2) is 243 Å². The molecule has 10 aromatic rings. The van der Waals surface area contributed by atoms with Crippen LogP contribution in [0.4, 0.5) is 17.1 Å². The van der Waals surface area contributed by atoms with E-state index in [2.05, 4.69) is 254 Å². The number of fused-ring (bicyclic) bond motifs is 13. The third-order valence-electron chi connectivity index (χ3n) is 14.2. The molecule has 0 saturated carbocycles. The van der Waals surface area contributed by atoms with E-state index in [9.17, 15) is 0 Å². The summed E-state index contributed by atoms with van der Waals surface area (Å²) in [5.41, 5.74) is 18.9. The van der Waals surface area contributed by atoms with E-state index in [1.54, 1.807) is 0 Å². The zero-order chi connectivity index (χ0) is 42.9. The molecule has 2 heteroatoms. The Morgan fingerprint density at radius 1 is 0.400 bits per heavy atom. The lowest BCUT2D eigenvalue weighted by molar-refractivity contribution is 0.105. The quantitative estimate of drug-likeness (QED) is 0.166. The van der Waals surface area contributed by atoms with Gasteiger partial charge >= 0.3 is 0 Å². The predicted octanol–water partition coefficient (Wildman–Crippen LogP) is 16.4. The van der Waals surface area contributed by atoms with Crippen LogP contribution in [-0.2, 0) is 5.41 Å². The summed E-state index contributed by atoms with van der Waals surface area (Å²) in [6.07, 6.45) is 4.60. The first-order valence-corrected chi connectivity index (χ1v) is 22.6. The van der Waals surface area contributed by atoms with E-state index < -0.39 is 5.41 Å². The minimum atomic E-state index is -0.501. The molecule has 10 aromatic carbocycles. The normalized spacial score (nSPS) is 17.4. The monoisotopic (exact) mass is 829 g/mol. The number of anilines is 3. The zero-order valence-corrected chi connectivity index (χ0v) is 35.7. The van der Waals surface area contributed by atoms with Crippen LogP contribution in [0, 0.1) is 5.92 Å². The van der Waals surface area contributed by atoms with Gasteiger partial charge in [-0.15, -0.1) is 0 Å². The van der Waals surface area contributed by atoms with Crippen molar-refractivity contribution < 1.29 is 4.74 Å². The zero-order valence-electron chi connectivity index (χ0n) is 35.7. The Kier molecular flexibility index (Phi) is 8.60. The van der Waals surface area contributed by atoms with Crippen molar-refractivity contribution in [1.82, 2.24) is 0 Å². The van der Waals surface area contributed by atoms with Crippen molar-refractivity contribution in [2.45, 2.75) is 11.5 Å². The largest absolute Gasteiger partial charge is 0.484 e. The summed E-state index contributed by atoms with van der Waals surface area (Å²) in [5, 5.41) is 2.34. The maximum atomic E-state index is 7.34. The number of nitrogens with zero attached hydrogens (tertiary/aromatic N) is 1. The fourth-order valence-corrected chi connectivity index (χ4v) is 11.3. The van der Waals surface area contributed by atoms with E-state index >= 15 is 0 Å². The van der Waals surface area contributed by atoms with Crippen LogP contribution >= 0.6 is 0 Å². The molecule has 0 amide bonds. The first-order chi connectivity index (χ1) is 32.2. The lowest BCUT2D eigenvalue weighted by atomic mass is 9.58. The molecule has 2 nitrogen and oxygen atoms in total. The highest BCUT2D eigenvalue weighted by atomic mass is 16.5. The molecule has 1 aliphatic heterocycles. The summed E-state index contributed by atoms with van der Waals surface area (Å²) in [7, 11) is 0. The fourth-order valence-electron chi connectivity index (χ4n) is 11.3. The van der Waals surface area contributed by atoms with E-state index in [4.69, 9.17) is 4.74 Å². The Bertz CT molecular complexity index is 3380. The Morgan fingerprint density at radius 3 is 1.74 bits per heavy atom. The molecule has 0 bridgehead atoms. The minimum Gasteiger partial charge on any atom is -0.484 e. The fraction of sp³-hybridized carbons (Fsp3) is 0.0476. The van der Waals surface area contributed by atoms with E-state index in [0.29, 0.717) is 0 Å². The molecule has 0 fully saturated rings. The minimum absolute atomic E-state index is 0.0169. The number of ether oxygens (including phenoxy) is 1. The standard InChI is InChI=1S/C63H43NO/c1-3-15-42(16-4-1)44-29-35-49(36-30-44)64(50-37-31-45(32-38-50)43-17-5-2-6-18-43)51-22-13-21-48(41-51)52-26-14-28-57-60(52)55-25-11-12-27-56(55)63(57)58-39-33-46-19-7-9-23-53(46)61(58)65-62-54-24-10-8-20-47(54)34-40-59(62)63/h1-41,58,61H. The molecule has 2 aliphatic carbocycles. The van der Waals surface area contributed by atoms with Crippen LogP contribution in [0.3, 0.4) is 0 Å². The summed E-state index contributed by atoms with van der Waals surface area (Å²) in [4.78, 5) is 2.39. The highest BCUT2D eigenvalue weighted by molar-refractivity contribution is 5.98. The molecule has 3 atom stereocenters. The Morgan fingerprint density at radius 2 is 0.985 bits per heavy atom. The Balaban J connectivity index is 0.999. The summed E-state index contributed by atoms with van der Waals surface area (Å²) in [5.74, 6) is 1.000. The van der Waals surface area contributed by atoms with Gasteiger partial charge in [-0.1, -0.05) is 212 Å². The van der Waals surface area contributed by atoms with Crippen molar-refractivity contribution in [3.8, 4) is 50.3 Å². The average Bonchev–Trinajstić information content (AvgIpc) is 3.68. The van der Waals surface area contributed by atoms with Crippen LogP contribution in [-0.4, -0.2) is 0 Å². The first-order valence-electron chi connectivity index (χ1n) is 22.6. The van der Waals surface area contributed by atoms with Gasteiger partial charge in [0.15, 0.2) is 0 Å². The van der Waals surface area contributed by atoms with Gasteiger partial charge in [-0.3, -0.25) is 0 Å². The van der Waals surface area contributed by atoms with Gasteiger partial charge in [0.25, 0.3) is 0 Å². The van der Waals surface area contributed by atoms with Crippen LogP contribution < -0.4 is 9.64 Å². The van der Waals surface area contributed by atoms with Gasteiger partial charge in [-0.2, -0.15) is 0 Å². The third kappa shape index (κ3) is 5.81. The molecule has 1 heterocycles. The molecule has 3 aliphatic rings. The molecule has 0 saturated heterocycles. The smallest absolute Gasteiger partial charge is 0.132 e.